The lowest BCUT2D eigenvalue weighted by Crippen LogP contribution is -2.41. The average Bonchev–Trinajstić information content (AvgIpc) is 3.14. The number of nitrogens with two attached hydrogens (primary N) is 1. The molecule has 1 saturated heterocycles. The number of ether oxygens (including phenoxy) is 1. The highest BCUT2D eigenvalue weighted by atomic mass is 32.2. The number of sulfonamides is 1. The van der Waals surface area contributed by atoms with Gasteiger partial charge in [0.05, 0.1) is 22.7 Å². The van der Waals surface area contributed by atoms with E-state index >= 15 is 0 Å². The number of nitrogens with one attached hydrogen (secondary N) is 1. The molecule has 0 amide bonds. The predicted octanol–water partition coefficient (Wildman–Crippen LogP) is 1.25. The molecule has 1 saturated carbocycles. The Bertz CT molecular complexity index is 616. The van der Waals surface area contributed by atoms with Gasteiger partial charge >= 0.3 is 0 Å². The minimum absolute atomic E-state index is 0.0524. The van der Waals surface area contributed by atoms with Crippen molar-refractivity contribution in [3.63, 3.8) is 0 Å². The first-order chi connectivity index (χ1) is 9.47. The van der Waals surface area contributed by atoms with E-state index in [0.29, 0.717) is 18.9 Å². The van der Waals surface area contributed by atoms with Gasteiger partial charge in [-0.1, -0.05) is 0 Å². The van der Waals surface area contributed by atoms with E-state index in [4.69, 9.17) is 10.5 Å². The molecule has 3 N–H and O–H groups in total. The van der Waals surface area contributed by atoms with Crippen LogP contribution in [0.3, 0.4) is 0 Å². The number of rotatable bonds is 4. The fourth-order valence-corrected chi connectivity index (χ4v) is 3.86. The summed E-state index contributed by atoms with van der Waals surface area (Å²) in [4.78, 5) is -0.106. The van der Waals surface area contributed by atoms with E-state index in [9.17, 15) is 12.8 Å². The number of benzene rings is 1. The Morgan fingerprint density at radius 2 is 2.05 bits per heavy atom. The molecule has 110 valence electrons. The summed E-state index contributed by atoms with van der Waals surface area (Å²) in [5.41, 5.74) is 5.29. The maximum atomic E-state index is 13.4. The van der Waals surface area contributed by atoms with Gasteiger partial charge in [-0.25, -0.2) is 17.5 Å². The average molecular weight is 300 g/mol. The number of halogens is 1. The highest BCUT2D eigenvalue weighted by molar-refractivity contribution is 7.89. The summed E-state index contributed by atoms with van der Waals surface area (Å²) in [6.45, 7) is 0.560. The molecule has 1 aliphatic heterocycles. The molecule has 0 radical (unpaired) electrons. The summed E-state index contributed by atoms with van der Waals surface area (Å²) >= 11 is 0. The normalized spacial score (nSPS) is 26.9. The van der Waals surface area contributed by atoms with Gasteiger partial charge in [0.15, 0.2) is 0 Å². The van der Waals surface area contributed by atoms with Crippen LogP contribution in [-0.4, -0.2) is 27.2 Å². The zero-order valence-electron chi connectivity index (χ0n) is 10.9. The first kappa shape index (κ1) is 13.8. The van der Waals surface area contributed by atoms with E-state index in [2.05, 4.69) is 4.72 Å². The van der Waals surface area contributed by atoms with Crippen LogP contribution >= 0.6 is 0 Å². The molecule has 1 aromatic rings. The molecule has 2 unspecified atom stereocenters. The lowest BCUT2D eigenvalue weighted by atomic mass is 10.1. The second-order valence-electron chi connectivity index (χ2n) is 5.37. The molecule has 2 aliphatic rings. The van der Waals surface area contributed by atoms with E-state index < -0.39 is 15.8 Å². The number of nitrogen functional groups attached to an aromatic ring is 1. The van der Waals surface area contributed by atoms with Crippen molar-refractivity contribution in [2.45, 2.75) is 36.3 Å². The Labute approximate surface area is 117 Å². The lowest BCUT2D eigenvalue weighted by molar-refractivity contribution is 0.0848. The lowest BCUT2D eigenvalue weighted by Gasteiger charge is -2.19. The van der Waals surface area contributed by atoms with Crippen LogP contribution in [0.15, 0.2) is 23.1 Å². The van der Waals surface area contributed by atoms with Crippen LogP contribution in [0.5, 0.6) is 0 Å². The van der Waals surface area contributed by atoms with E-state index in [-0.39, 0.29) is 22.7 Å². The SMILES string of the molecule is Nc1ccc(S(=O)(=O)NC2CCOC2C2CC2)cc1F. The van der Waals surface area contributed by atoms with E-state index in [1.54, 1.807) is 0 Å². The summed E-state index contributed by atoms with van der Waals surface area (Å²) in [5, 5.41) is 0. The molecule has 7 heteroatoms. The fraction of sp³-hybridized carbons (Fsp3) is 0.538. The summed E-state index contributed by atoms with van der Waals surface area (Å²) in [6, 6.07) is 3.28. The maximum absolute atomic E-state index is 13.4. The molecule has 2 atom stereocenters. The van der Waals surface area contributed by atoms with E-state index in [1.165, 1.54) is 12.1 Å². The number of anilines is 1. The van der Waals surface area contributed by atoms with Crippen molar-refractivity contribution < 1.29 is 17.5 Å². The Morgan fingerprint density at radius 3 is 2.70 bits per heavy atom. The minimum Gasteiger partial charge on any atom is -0.396 e. The van der Waals surface area contributed by atoms with Gasteiger partial charge in [0, 0.05) is 6.61 Å². The Kier molecular flexibility index (Phi) is 3.43. The summed E-state index contributed by atoms with van der Waals surface area (Å²) in [7, 11) is -3.75. The van der Waals surface area contributed by atoms with Gasteiger partial charge < -0.3 is 10.5 Å². The van der Waals surface area contributed by atoms with Crippen molar-refractivity contribution in [3.8, 4) is 0 Å². The van der Waals surface area contributed by atoms with Crippen LogP contribution in [0.2, 0.25) is 0 Å². The van der Waals surface area contributed by atoms with Gasteiger partial charge in [0.25, 0.3) is 0 Å². The largest absolute Gasteiger partial charge is 0.396 e. The third-order valence-corrected chi connectivity index (χ3v) is 5.30. The maximum Gasteiger partial charge on any atom is 0.241 e. The molecule has 1 aliphatic carbocycles. The first-order valence-electron chi connectivity index (χ1n) is 6.66. The molecule has 1 aromatic carbocycles. The van der Waals surface area contributed by atoms with Crippen molar-refractivity contribution in [1.29, 1.82) is 0 Å². The van der Waals surface area contributed by atoms with Crippen LogP contribution in [0.4, 0.5) is 10.1 Å². The van der Waals surface area contributed by atoms with Crippen molar-refractivity contribution in [2.75, 3.05) is 12.3 Å². The van der Waals surface area contributed by atoms with Crippen molar-refractivity contribution in [1.82, 2.24) is 4.72 Å². The molecular formula is C13H17FN2O3S. The fourth-order valence-electron chi connectivity index (χ4n) is 2.57. The first-order valence-corrected chi connectivity index (χ1v) is 8.14. The van der Waals surface area contributed by atoms with Gasteiger partial charge in [-0.15, -0.1) is 0 Å². The van der Waals surface area contributed by atoms with Crippen LogP contribution in [-0.2, 0) is 14.8 Å². The standard InChI is InChI=1S/C13H17FN2O3S/c14-10-7-9(3-4-11(10)15)20(17,18)16-12-5-6-19-13(12)8-1-2-8/h3-4,7-8,12-13,16H,1-2,5-6,15H2. The molecule has 5 nitrogen and oxygen atoms in total. The Morgan fingerprint density at radius 1 is 1.30 bits per heavy atom. The predicted molar refractivity (Wildman–Crippen MR) is 72.0 cm³/mol. The van der Waals surface area contributed by atoms with Crippen LogP contribution in [0.1, 0.15) is 19.3 Å². The van der Waals surface area contributed by atoms with Gasteiger partial charge in [-0.2, -0.15) is 0 Å². The second-order valence-corrected chi connectivity index (χ2v) is 7.09. The van der Waals surface area contributed by atoms with Crippen molar-refractivity contribution in [2.24, 2.45) is 5.92 Å². The monoisotopic (exact) mass is 300 g/mol. The number of hydrogen-bond acceptors (Lipinski definition) is 4. The van der Waals surface area contributed by atoms with Gasteiger partial charge in [-0.3, -0.25) is 0 Å². The van der Waals surface area contributed by atoms with Crippen LogP contribution in [0, 0.1) is 11.7 Å². The zero-order valence-corrected chi connectivity index (χ0v) is 11.7. The molecule has 20 heavy (non-hydrogen) atoms. The zero-order chi connectivity index (χ0) is 14.3. The Hall–Kier alpha value is -1.18. The van der Waals surface area contributed by atoms with Crippen molar-refractivity contribution >= 4 is 15.7 Å². The van der Waals surface area contributed by atoms with E-state index in [1.807, 2.05) is 0 Å². The summed E-state index contributed by atoms with van der Waals surface area (Å²) in [6.07, 6.45) is 2.76. The Balaban J connectivity index is 1.79. The number of hydrogen-bond donors (Lipinski definition) is 2. The molecule has 3 rings (SSSR count). The van der Waals surface area contributed by atoms with Gasteiger partial charge in [0.1, 0.15) is 5.82 Å². The van der Waals surface area contributed by atoms with E-state index in [0.717, 1.165) is 18.9 Å². The third kappa shape index (κ3) is 2.65. The quantitative estimate of drug-likeness (QED) is 0.820. The molecule has 0 spiro atoms. The minimum atomic E-state index is -3.75. The second kappa shape index (κ2) is 4.98. The molecule has 0 aromatic heterocycles. The van der Waals surface area contributed by atoms with Crippen LogP contribution in [0.25, 0.3) is 0 Å². The molecule has 0 bridgehead atoms. The molecular weight excluding hydrogens is 283 g/mol. The van der Waals surface area contributed by atoms with Gasteiger partial charge in [0.2, 0.25) is 10.0 Å². The highest BCUT2D eigenvalue weighted by Crippen LogP contribution is 2.39. The summed E-state index contributed by atoms with van der Waals surface area (Å²) in [5.74, 6) is -0.275. The highest BCUT2D eigenvalue weighted by Gasteiger charge is 2.42. The van der Waals surface area contributed by atoms with Gasteiger partial charge in [-0.05, 0) is 43.4 Å². The summed E-state index contributed by atoms with van der Waals surface area (Å²) < 4.78 is 46.2. The smallest absolute Gasteiger partial charge is 0.241 e. The molecule has 1 heterocycles. The third-order valence-electron chi connectivity index (χ3n) is 3.81. The van der Waals surface area contributed by atoms with Crippen LogP contribution < -0.4 is 10.5 Å². The van der Waals surface area contributed by atoms with Crippen molar-refractivity contribution in [3.05, 3.63) is 24.0 Å². The topological polar surface area (TPSA) is 81.4 Å². The molecule has 2 fully saturated rings.